The lowest BCUT2D eigenvalue weighted by Crippen LogP contribution is -2.44. The van der Waals surface area contributed by atoms with Crippen molar-refractivity contribution >= 4 is 23.6 Å². The highest BCUT2D eigenvalue weighted by Crippen LogP contribution is 2.33. The third-order valence-electron chi connectivity index (χ3n) is 3.50. The van der Waals surface area contributed by atoms with Crippen LogP contribution in [0.5, 0.6) is 5.75 Å². The number of para-hydroxylation sites is 1. The second-order valence-corrected chi connectivity index (χ2v) is 5.89. The first kappa shape index (κ1) is 15.7. The van der Waals surface area contributed by atoms with Gasteiger partial charge in [-0.1, -0.05) is 18.2 Å². The number of fused-ring (bicyclic) bond motifs is 1. The van der Waals surface area contributed by atoms with E-state index in [0.717, 1.165) is 5.56 Å². The molecule has 0 aromatic heterocycles. The van der Waals surface area contributed by atoms with Crippen LogP contribution in [0.1, 0.15) is 24.3 Å². The zero-order valence-electron chi connectivity index (χ0n) is 11.9. The standard InChI is InChI=1S/C15H19NO4S/c1-21-9-7-12(15(18)19)16-14(17)11-6-8-20-13-5-3-2-4-10(11)13/h2-5,11-12H,6-9H2,1H3,(H,16,17)(H,18,19). The van der Waals surface area contributed by atoms with E-state index in [-0.39, 0.29) is 11.8 Å². The summed E-state index contributed by atoms with van der Waals surface area (Å²) in [4.78, 5) is 23.6. The summed E-state index contributed by atoms with van der Waals surface area (Å²) in [7, 11) is 0. The first-order chi connectivity index (χ1) is 10.1. The molecule has 2 atom stereocenters. The lowest BCUT2D eigenvalue weighted by atomic mass is 9.92. The Bertz CT molecular complexity index is 520. The molecule has 0 aliphatic carbocycles. The Balaban J connectivity index is 2.08. The molecular formula is C15H19NO4S. The van der Waals surface area contributed by atoms with E-state index in [2.05, 4.69) is 5.32 Å². The summed E-state index contributed by atoms with van der Waals surface area (Å²) in [5.41, 5.74) is 0.829. The van der Waals surface area contributed by atoms with Gasteiger partial charge in [-0.3, -0.25) is 4.79 Å². The molecule has 1 aliphatic heterocycles. The molecule has 0 bridgehead atoms. The Kier molecular flexibility index (Phi) is 5.50. The number of hydrogen-bond acceptors (Lipinski definition) is 4. The Morgan fingerprint density at radius 1 is 1.48 bits per heavy atom. The fourth-order valence-corrected chi connectivity index (χ4v) is 2.85. The monoisotopic (exact) mass is 309 g/mol. The predicted octanol–water partition coefficient (Wildman–Crippen LogP) is 1.88. The molecular weight excluding hydrogens is 290 g/mol. The van der Waals surface area contributed by atoms with E-state index in [1.807, 2.05) is 30.5 Å². The number of amides is 1. The lowest BCUT2D eigenvalue weighted by Gasteiger charge is -2.26. The summed E-state index contributed by atoms with van der Waals surface area (Å²) in [5.74, 6) is -0.162. The fraction of sp³-hybridized carbons (Fsp3) is 0.467. The van der Waals surface area contributed by atoms with Crippen LogP contribution in [-0.2, 0) is 9.59 Å². The average molecular weight is 309 g/mol. The zero-order chi connectivity index (χ0) is 15.2. The molecule has 114 valence electrons. The lowest BCUT2D eigenvalue weighted by molar-refractivity contribution is -0.142. The minimum absolute atomic E-state index is 0.237. The third kappa shape index (κ3) is 3.91. The van der Waals surface area contributed by atoms with Crippen molar-refractivity contribution in [2.24, 2.45) is 0 Å². The number of thioether (sulfide) groups is 1. The number of nitrogens with one attached hydrogen (secondary N) is 1. The number of carboxylic acids is 1. The van der Waals surface area contributed by atoms with Crippen molar-refractivity contribution < 1.29 is 19.4 Å². The van der Waals surface area contributed by atoms with Gasteiger partial charge in [0, 0.05) is 5.56 Å². The van der Waals surface area contributed by atoms with E-state index in [1.54, 1.807) is 11.8 Å². The zero-order valence-corrected chi connectivity index (χ0v) is 12.7. The topological polar surface area (TPSA) is 75.6 Å². The number of ether oxygens (including phenoxy) is 1. The van der Waals surface area contributed by atoms with E-state index >= 15 is 0 Å². The van der Waals surface area contributed by atoms with Gasteiger partial charge >= 0.3 is 5.97 Å². The van der Waals surface area contributed by atoms with E-state index in [0.29, 0.717) is 31.0 Å². The Hall–Kier alpha value is -1.69. The number of hydrogen-bond donors (Lipinski definition) is 2. The Morgan fingerprint density at radius 3 is 2.95 bits per heavy atom. The van der Waals surface area contributed by atoms with E-state index < -0.39 is 12.0 Å². The maximum absolute atomic E-state index is 12.4. The van der Waals surface area contributed by atoms with Gasteiger partial charge in [-0.2, -0.15) is 11.8 Å². The van der Waals surface area contributed by atoms with Crippen LogP contribution in [0.25, 0.3) is 0 Å². The van der Waals surface area contributed by atoms with Crippen LogP contribution in [0.4, 0.5) is 0 Å². The van der Waals surface area contributed by atoms with Crippen LogP contribution < -0.4 is 10.1 Å². The molecule has 0 spiro atoms. The van der Waals surface area contributed by atoms with Crippen LogP contribution in [0.3, 0.4) is 0 Å². The number of benzene rings is 1. The molecule has 21 heavy (non-hydrogen) atoms. The van der Waals surface area contributed by atoms with Gasteiger partial charge in [0.25, 0.3) is 0 Å². The molecule has 0 radical (unpaired) electrons. The van der Waals surface area contributed by atoms with Crippen LogP contribution in [0.2, 0.25) is 0 Å². The van der Waals surface area contributed by atoms with Crippen molar-refractivity contribution in [3.63, 3.8) is 0 Å². The summed E-state index contributed by atoms with van der Waals surface area (Å²) in [6, 6.07) is 6.57. The maximum Gasteiger partial charge on any atom is 0.326 e. The average Bonchev–Trinajstić information content (AvgIpc) is 2.50. The molecule has 0 saturated carbocycles. The summed E-state index contributed by atoms with van der Waals surface area (Å²) in [6.07, 6.45) is 2.90. The molecule has 0 fully saturated rings. The molecule has 1 aromatic carbocycles. The highest BCUT2D eigenvalue weighted by Gasteiger charge is 2.30. The molecule has 1 amide bonds. The van der Waals surface area contributed by atoms with Gasteiger partial charge < -0.3 is 15.2 Å². The normalized spacial score (nSPS) is 18.2. The minimum Gasteiger partial charge on any atom is -0.493 e. The minimum atomic E-state index is -0.988. The molecule has 1 aromatic rings. The molecule has 2 unspecified atom stereocenters. The number of carbonyl (C=O) groups is 2. The number of carboxylic acid groups (broad SMARTS) is 1. The van der Waals surface area contributed by atoms with E-state index in [1.165, 1.54) is 0 Å². The summed E-state index contributed by atoms with van der Waals surface area (Å²) in [5, 5.41) is 11.8. The second kappa shape index (κ2) is 7.36. The Morgan fingerprint density at radius 2 is 2.24 bits per heavy atom. The first-order valence-corrected chi connectivity index (χ1v) is 8.26. The smallest absolute Gasteiger partial charge is 0.326 e. The Labute approximate surface area is 128 Å². The van der Waals surface area contributed by atoms with Gasteiger partial charge in [0.2, 0.25) is 5.91 Å². The second-order valence-electron chi connectivity index (χ2n) is 4.91. The summed E-state index contributed by atoms with van der Waals surface area (Å²) in [6.45, 7) is 0.470. The highest BCUT2D eigenvalue weighted by atomic mass is 32.2. The summed E-state index contributed by atoms with van der Waals surface area (Å²) < 4.78 is 5.52. The molecule has 1 heterocycles. The third-order valence-corrected chi connectivity index (χ3v) is 4.14. The van der Waals surface area contributed by atoms with Crippen molar-refractivity contribution in [2.45, 2.75) is 24.8 Å². The fourth-order valence-electron chi connectivity index (χ4n) is 2.38. The van der Waals surface area contributed by atoms with Crippen molar-refractivity contribution in [3.8, 4) is 5.75 Å². The summed E-state index contributed by atoms with van der Waals surface area (Å²) >= 11 is 1.56. The van der Waals surface area contributed by atoms with E-state index in [4.69, 9.17) is 4.74 Å². The van der Waals surface area contributed by atoms with Gasteiger partial charge in [0.1, 0.15) is 11.8 Å². The SMILES string of the molecule is CSCCC(NC(=O)C1CCOc2ccccc21)C(=O)O. The highest BCUT2D eigenvalue weighted by molar-refractivity contribution is 7.98. The van der Waals surface area contributed by atoms with Crippen molar-refractivity contribution in [1.29, 1.82) is 0 Å². The quantitative estimate of drug-likeness (QED) is 0.839. The van der Waals surface area contributed by atoms with Gasteiger partial charge in [0.15, 0.2) is 0 Å². The molecule has 1 aliphatic rings. The number of carbonyl (C=O) groups excluding carboxylic acids is 1. The molecule has 2 rings (SSSR count). The molecule has 0 saturated heterocycles. The van der Waals surface area contributed by atoms with Gasteiger partial charge in [-0.25, -0.2) is 4.79 Å². The van der Waals surface area contributed by atoms with E-state index in [9.17, 15) is 14.7 Å². The first-order valence-electron chi connectivity index (χ1n) is 6.87. The van der Waals surface area contributed by atoms with Crippen molar-refractivity contribution in [1.82, 2.24) is 5.32 Å². The van der Waals surface area contributed by atoms with Gasteiger partial charge in [-0.05, 0) is 30.9 Å². The van der Waals surface area contributed by atoms with Crippen LogP contribution in [-0.4, -0.2) is 41.6 Å². The number of aliphatic carboxylic acids is 1. The van der Waals surface area contributed by atoms with Gasteiger partial charge in [0.05, 0.1) is 12.5 Å². The van der Waals surface area contributed by atoms with Crippen LogP contribution >= 0.6 is 11.8 Å². The molecule has 2 N–H and O–H groups in total. The van der Waals surface area contributed by atoms with Crippen molar-refractivity contribution in [3.05, 3.63) is 29.8 Å². The van der Waals surface area contributed by atoms with Crippen LogP contribution in [0, 0.1) is 0 Å². The van der Waals surface area contributed by atoms with Crippen LogP contribution in [0.15, 0.2) is 24.3 Å². The number of rotatable bonds is 6. The predicted molar refractivity (Wildman–Crippen MR) is 81.9 cm³/mol. The molecule has 5 nitrogen and oxygen atoms in total. The van der Waals surface area contributed by atoms with Crippen molar-refractivity contribution in [2.75, 3.05) is 18.6 Å². The maximum atomic E-state index is 12.4. The van der Waals surface area contributed by atoms with Gasteiger partial charge in [-0.15, -0.1) is 0 Å². The largest absolute Gasteiger partial charge is 0.493 e. The molecule has 6 heteroatoms.